The average molecular weight is 903 g/mol. The summed E-state index contributed by atoms with van der Waals surface area (Å²) < 4.78 is 0. The molecule has 0 amide bonds. The first-order valence-electron chi connectivity index (χ1n) is 24.2. The van der Waals surface area contributed by atoms with E-state index in [-0.39, 0.29) is 5.92 Å². The van der Waals surface area contributed by atoms with Crippen molar-refractivity contribution in [2.24, 2.45) is 0 Å². The zero-order valence-electron chi connectivity index (χ0n) is 40.6. The lowest BCUT2D eigenvalue weighted by Crippen LogP contribution is -2.17. The molecule has 1 heterocycles. The van der Waals surface area contributed by atoms with E-state index in [9.17, 15) is 0 Å². The molecule has 0 N–H and O–H groups in total. The van der Waals surface area contributed by atoms with Crippen LogP contribution in [0.3, 0.4) is 0 Å². The molecule has 11 aromatic rings. The van der Waals surface area contributed by atoms with Crippen molar-refractivity contribution in [2.45, 2.75) is 47.5 Å². The molecule has 0 saturated heterocycles. The van der Waals surface area contributed by atoms with Crippen LogP contribution in [0.4, 0.5) is 17.3 Å². The Morgan fingerprint density at radius 2 is 0.743 bits per heavy atom. The summed E-state index contributed by atoms with van der Waals surface area (Å²) >= 11 is 0. The summed E-state index contributed by atoms with van der Waals surface area (Å²) in [4.78, 5) is 18.7. The van der Waals surface area contributed by atoms with Crippen molar-refractivity contribution in [2.75, 3.05) is 4.90 Å². The summed E-state index contributed by atoms with van der Waals surface area (Å²) in [6.45, 7) is 13.5. The Bertz CT molecular complexity index is 3610. The second-order valence-corrected chi connectivity index (χ2v) is 18.8. The van der Waals surface area contributed by atoms with Gasteiger partial charge in [-0.05, 0) is 155 Å². The van der Waals surface area contributed by atoms with Crippen molar-refractivity contribution < 1.29 is 0 Å². The number of aromatic nitrogens is 3. The lowest BCUT2D eigenvalue weighted by Gasteiger charge is -2.29. The molecule has 0 unspecified atom stereocenters. The minimum Gasteiger partial charge on any atom is -0.278 e. The first-order valence-corrected chi connectivity index (χ1v) is 24.2. The molecule has 338 valence electrons. The minimum atomic E-state index is 0.0158. The molecule has 11 rings (SSSR count). The maximum absolute atomic E-state index is 5.61. The van der Waals surface area contributed by atoms with Gasteiger partial charge in [0.2, 0.25) is 5.95 Å². The van der Waals surface area contributed by atoms with Crippen molar-refractivity contribution in [3.63, 3.8) is 0 Å². The van der Waals surface area contributed by atoms with Crippen molar-refractivity contribution in [3.05, 3.63) is 262 Å². The van der Waals surface area contributed by atoms with Crippen LogP contribution in [0.15, 0.2) is 212 Å². The van der Waals surface area contributed by atoms with Crippen LogP contribution in [0.2, 0.25) is 0 Å². The largest absolute Gasteiger partial charge is 0.278 e. The van der Waals surface area contributed by atoms with Crippen molar-refractivity contribution in [1.29, 1.82) is 0 Å². The van der Waals surface area contributed by atoms with Gasteiger partial charge >= 0.3 is 0 Å². The number of aryl methyl sites for hydroxylation is 6. The van der Waals surface area contributed by atoms with Gasteiger partial charge in [0.1, 0.15) is 0 Å². The summed E-state index contributed by atoms with van der Waals surface area (Å²) in [6, 6.07) is 76.2. The van der Waals surface area contributed by atoms with E-state index >= 15 is 0 Å². The van der Waals surface area contributed by atoms with Gasteiger partial charge in [-0.1, -0.05) is 187 Å². The van der Waals surface area contributed by atoms with Gasteiger partial charge in [-0.15, -0.1) is 0 Å². The fourth-order valence-electron chi connectivity index (χ4n) is 10.8. The highest BCUT2D eigenvalue weighted by molar-refractivity contribution is 5.99. The predicted octanol–water partition coefficient (Wildman–Crippen LogP) is 17.3. The van der Waals surface area contributed by atoms with E-state index in [0.29, 0.717) is 17.6 Å². The molecule has 4 nitrogen and oxygen atoms in total. The van der Waals surface area contributed by atoms with Gasteiger partial charge in [-0.3, -0.25) is 4.90 Å². The molecule has 0 fully saturated rings. The molecule has 0 atom stereocenters. The van der Waals surface area contributed by atoms with Crippen LogP contribution in [0, 0.1) is 41.5 Å². The van der Waals surface area contributed by atoms with Crippen LogP contribution in [-0.4, -0.2) is 15.0 Å². The van der Waals surface area contributed by atoms with E-state index in [1.165, 1.54) is 50.1 Å². The van der Waals surface area contributed by atoms with Gasteiger partial charge < -0.3 is 0 Å². The highest BCUT2D eigenvalue weighted by Crippen LogP contribution is 2.46. The van der Waals surface area contributed by atoms with Crippen molar-refractivity contribution in [1.82, 2.24) is 15.0 Å². The summed E-state index contributed by atoms with van der Waals surface area (Å²) in [5.74, 6) is 1.71. The van der Waals surface area contributed by atoms with Crippen LogP contribution >= 0.6 is 0 Å². The number of anilines is 3. The SMILES string of the molecule is Cc1cc(C)c(C(c2ccc(N(c3nc(-c4ccccc4)nc(-c4cc5ccccc5cc4-c4ccccc4)n3)c3cc4ccccc4cc3-c3ccccc3)cc2)c2c(C)cc(C)cc2C)c(C)c1. The standard InChI is InChI=1S/C66H54N4/c1-42-34-44(3)61(45(4)35-42)63(62-46(5)36-43(2)37-47(62)6)50-30-32-56(33-31-50)70(60-41-55-29-19-18-27-53(55)39-58(60)49-22-12-8-13-23-49)66-68-64(51-24-14-9-15-25-51)67-65(69-66)59-40-54-28-17-16-26-52(54)38-57(59)48-20-10-7-11-21-48/h7-41,63H,1-6H3. The van der Waals surface area contributed by atoms with Gasteiger partial charge in [0.25, 0.3) is 0 Å². The zero-order valence-corrected chi connectivity index (χ0v) is 40.6. The Balaban J connectivity index is 1.20. The molecule has 0 aliphatic heterocycles. The molecular formula is C66H54N4. The molecule has 4 heteroatoms. The third-order valence-electron chi connectivity index (χ3n) is 13.8. The van der Waals surface area contributed by atoms with Crippen molar-refractivity contribution in [3.8, 4) is 45.0 Å². The van der Waals surface area contributed by atoms with Crippen LogP contribution in [-0.2, 0) is 0 Å². The van der Waals surface area contributed by atoms with Gasteiger partial charge in [0, 0.05) is 28.3 Å². The Morgan fingerprint density at radius 1 is 0.343 bits per heavy atom. The monoisotopic (exact) mass is 902 g/mol. The van der Waals surface area contributed by atoms with E-state index in [1.807, 2.05) is 18.2 Å². The van der Waals surface area contributed by atoms with E-state index < -0.39 is 0 Å². The first-order chi connectivity index (χ1) is 34.2. The highest BCUT2D eigenvalue weighted by Gasteiger charge is 2.28. The molecule has 10 aromatic carbocycles. The minimum absolute atomic E-state index is 0.0158. The fraction of sp³-hybridized carbons (Fsp3) is 0.106. The van der Waals surface area contributed by atoms with Crippen LogP contribution in [0.25, 0.3) is 66.6 Å². The Morgan fingerprint density at radius 3 is 1.24 bits per heavy atom. The highest BCUT2D eigenvalue weighted by atomic mass is 15.3. The molecule has 0 aliphatic rings. The second-order valence-electron chi connectivity index (χ2n) is 18.8. The normalized spacial score (nSPS) is 11.4. The van der Waals surface area contributed by atoms with Gasteiger partial charge in [-0.25, -0.2) is 4.98 Å². The van der Waals surface area contributed by atoms with Gasteiger partial charge in [0.15, 0.2) is 11.6 Å². The third kappa shape index (κ3) is 8.43. The Hall–Kier alpha value is -8.47. The lowest BCUT2D eigenvalue weighted by molar-refractivity contribution is 0.919. The molecular weight excluding hydrogens is 849 g/mol. The van der Waals surface area contributed by atoms with E-state index in [0.717, 1.165) is 66.3 Å². The van der Waals surface area contributed by atoms with Crippen molar-refractivity contribution >= 4 is 38.9 Å². The van der Waals surface area contributed by atoms with Crippen LogP contribution < -0.4 is 4.90 Å². The van der Waals surface area contributed by atoms with E-state index in [1.54, 1.807) is 0 Å². The maximum atomic E-state index is 5.61. The average Bonchev–Trinajstić information content (AvgIpc) is 3.38. The fourth-order valence-corrected chi connectivity index (χ4v) is 10.8. The zero-order chi connectivity index (χ0) is 47.9. The van der Waals surface area contributed by atoms with Gasteiger partial charge in [-0.2, -0.15) is 9.97 Å². The summed E-state index contributed by atoms with van der Waals surface area (Å²) in [7, 11) is 0. The molecule has 0 bridgehead atoms. The number of rotatable bonds is 10. The smallest absolute Gasteiger partial charge is 0.238 e. The molecule has 70 heavy (non-hydrogen) atoms. The topological polar surface area (TPSA) is 41.9 Å². The third-order valence-corrected chi connectivity index (χ3v) is 13.8. The quantitative estimate of drug-likeness (QED) is 0.128. The molecule has 0 radical (unpaired) electrons. The molecule has 0 spiro atoms. The summed E-state index contributed by atoms with van der Waals surface area (Å²) in [6.07, 6.45) is 0. The molecule has 0 aliphatic carbocycles. The van der Waals surface area contributed by atoms with Crippen LogP contribution in [0.5, 0.6) is 0 Å². The summed E-state index contributed by atoms with van der Waals surface area (Å²) in [5.41, 5.74) is 19.7. The summed E-state index contributed by atoms with van der Waals surface area (Å²) in [5, 5.41) is 4.54. The van der Waals surface area contributed by atoms with Crippen LogP contribution in [0.1, 0.15) is 56.0 Å². The number of nitrogens with zero attached hydrogens (tertiary/aromatic N) is 4. The Labute approximate surface area is 411 Å². The molecule has 0 saturated carbocycles. The van der Waals surface area contributed by atoms with Gasteiger partial charge in [0.05, 0.1) is 5.69 Å². The first kappa shape index (κ1) is 44.1. The maximum Gasteiger partial charge on any atom is 0.238 e. The molecule has 1 aromatic heterocycles. The second kappa shape index (κ2) is 18.6. The predicted molar refractivity (Wildman–Crippen MR) is 294 cm³/mol. The number of hydrogen-bond donors (Lipinski definition) is 0. The Kier molecular flexibility index (Phi) is 11.7. The van der Waals surface area contributed by atoms with E-state index in [4.69, 9.17) is 15.0 Å². The number of fused-ring (bicyclic) bond motifs is 2. The number of benzene rings is 10. The lowest BCUT2D eigenvalue weighted by atomic mass is 9.77. The van der Waals surface area contributed by atoms with E-state index in [2.05, 4.69) is 241 Å². The number of hydrogen-bond acceptors (Lipinski definition) is 4.